The fraction of sp³-hybridized carbons (Fsp3) is 0.736. The fourth-order valence-corrected chi connectivity index (χ4v) is 9.33. The van der Waals surface area contributed by atoms with Crippen LogP contribution in [0.4, 0.5) is 0 Å². The van der Waals surface area contributed by atoms with Crippen molar-refractivity contribution in [1.29, 1.82) is 0 Å². The van der Waals surface area contributed by atoms with Crippen LogP contribution in [0.25, 0.3) is 0 Å². The van der Waals surface area contributed by atoms with Crippen LogP contribution in [0.1, 0.15) is 323 Å². The third-order valence-corrected chi connectivity index (χ3v) is 14.3. The van der Waals surface area contributed by atoms with Crippen LogP contribution in [-0.4, -0.2) is 37.2 Å². The Bertz CT molecular complexity index is 1530. The van der Waals surface area contributed by atoms with Gasteiger partial charge in [0.1, 0.15) is 13.2 Å². The van der Waals surface area contributed by atoms with E-state index < -0.39 is 6.10 Å². The number of hydrogen-bond donors (Lipinski definition) is 0. The zero-order valence-electron chi connectivity index (χ0n) is 51.4. The first-order valence-electron chi connectivity index (χ1n) is 33.2. The minimum absolute atomic E-state index is 0.0835. The number of allylic oxidation sites excluding steroid dienone is 16. The summed E-state index contributed by atoms with van der Waals surface area (Å²) in [6, 6.07) is 0. The Kier molecular flexibility index (Phi) is 62.7. The number of hydrogen-bond acceptors (Lipinski definition) is 6. The lowest BCUT2D eigenvalue weighted by atomic mass is 10.0. The van der Waals surface area contributed by atoms with Crippen LogP contribution in [0.5, 0.6) is 0 Å². The van der Waals surface area contributed by atoms with Crippen molar-refractivity contribution in [2.75, 3.05) is 13.2 Å². The van der Waals surface area contributed by atoms with Crippen molar-refractivity contribution in [3.05, 3.63) is 97.2 Å². The van der Waals surface area contributed by atoms with Crippen LogP contribution >= 0.6 is 0 Å². The standard InChI is InChI=1S/C72H124O6/c1-4-7-10-13-16-19-22-24-26-28-30-32-34-35-36-37-39-40-42-44-46-48-50-53-56-59-62-65-71(74)77-68-69(67-76-70(73)64-61-58-55-52-21-18-15-12-9-6-3)78-72(75)66-63-60-57-54-51-49-47-45-43-41-38-33-31-29-27-25-23-20-17-14-11-8-5-2/h8,11-12,15,17,20,22,24-25,27-28,30-31,33,41,43,69H,4-7,9-10,13-14,16,18-19,21,23,26,29,32,34-40,42,44-68H2,1-3H3/b11-8-,15-12-,20-17-,24-22-,27-25-,30-28-,33-31-,43-41-. The fourth-order valence-electron chi connectivity index (χ4n) is 9.33. The maximum Gasteiger partial charge on any atom is 0.306 e. The number of rotatable bonds is 60. The SMILES string of the molecule is CC/C=C\C/C=C\C/C=C\C/C=C\C/C=C\CCCCCCCCCC(=O)OC(COC(=O)CCCCCCC/C=C\CCC)COC(=O)CCCCCCCCCCCCCCCCC/C=C\C/C=C\CCCCCCC. The maximum absolute atomic E-state index is 12.9. The van der Waals surface area contributed by atoms with E-state index in [1.807, 2.05) is 0 Å². The lowest BCUT2D eigenvalue weighted by Crippen LogP contribution is -2.30. The van der Waals surface area contributed by atoms with Gasteiger partial charge in [-0.05, 0) is 116 Å². The van der Waals surface area contributed by atoms with E-state index in [9.17, 15) is 14.4 Å². The van der Waals surface area contributed by atoms with E-state index in [0.717, 1.165) is 116 Å². The molecule has 0 amide bonds. The molecule has 0 fully saturated rings. The average Bonchev–Trinajstić information content (AvgIpc) is 3.44. The Morgan fingerprint density at radius 1 is 0.269 bits per heavy atom. The second-order valence-electron chi connectivity index (χ2n) is 22.0. The first-order valence-corrected chi connectivity index (χ1v) is 33.2. The highest BCUT2D eigenvalue weighted by molar-refractivity contribution is 5.71. The molecule has 1 unspecified atom stereocenters. The summed E-state index contributed by atoms with van der Waals surface area (Å²) in [6.45, 7) is 6.47. The molecule has 0 aromatic carbocycles. The normalized spacial score (nSPS) is 12.7. The topological polar surface area (TPSA) is 78.9 Å². The monoisotopic (exact) mass is 1080 g/mol. The molecule has 0 heterocycles. The number of ether oxygens (including phenoxy) is 3. The van der Waals surface area contributed by atoms with Gasteiger partial charge in [0, 0.05) is 19.3 Å². The molecule has 0 saturated heterocycles. The molecule has 6 nitrogen and oxygen atoms in total. The molecule has 0 radical (unpaired) electrons. The summed E-state index contributed by atoms with van der Waals surface area (Å²) in [5, 5.41) is 0. The van der Waals surface area contributed by atoms with E-state index in [2.05, 4.69) is 118 Å². The van der Waals surface area contributed by atoms with Crippen molar-refractivity contribution in [1.82, 2.24) is 0 Å². The van der Waals surface area contributed by atoms with E-state index in [0.29, 0.717) is 19.3 Å². The summed E-state index contributed by atoms with van der Waals surface area (Å²) >= 11 is 0. The summed E-state index contributed by atoms with van der Waals surface area (Å²) in [6.07, 6.45) is 88.6. The molecule has 6 heteroatoms. The average molecular weight is 1090 g/mol. The molecule has 0 aliphatic carbocycles. The van der Waals surface area contributed by atoms with E-state index >= 15 is 0 Å². The first-order chi connectivity index (χ1) is 38.5. The molecule has 0 spiro atoms. The Balaban J connectivity index is 4.23. The molecular formula is C72H124O6. The molecule has 0 N–H and O–H groups in total. The molecule has 0 aliphatic heterocycles. The largest absolute Gasteiger partial charge is 0.462 e. The lowest BCUT2D eigenvalue weighted by molar-refractivity contribution is -0.167. The van der Waals surface area contributed by atoms with Crippen LogP contribution in [0.3, 0.4) is 0 Å². The van der Waals surface area contributed by atoms with E-state index in [4.69, 9.17) is 14.2 Å². The highest BCUT2D eigenvalue weighted by atomic mass is 16.6. The van der Waals surface area contributed by atoms with Gasteiger partial charge in [0.15, 0.2) is 6.10 Å². The second kappa shape index (κ2) is 65.8. The van der Waals surface area contributed by atoms with Crippen LogP contribution in [0, 0.1) is 0 Å². The third-order valence-electron chi connectivity index (χ3n) is 14.3. The molecule has 0 aromatic rings. The van der Waals surface area contributed by atoms with Crippen molar-refractivity contribution in [3.63, 3.8) is 0 Å². The summed E-state index contributed by atoms with van der Waals surface area (Å²) in [4.78, 5) is 38.3. The smallest absolute Gasteiger partial charge is 0.306 e. The number of carbonyl (C=O) groups is 3. The Hall–Kier alpha value is -3.67. The number of carbonyl (C=O) groups excluding carboxylic acids is 3. The molecule has 0 bridgehead atoms. The Morgan fingerprint density at radius 3 is 0.846 bits per heavy atom. The minimum atomic E-state index is -0.788. The minimum Gasteiger partial charge on any atom is -0.462 e. The van der Waals surface area contributed by atoms with Crippen LogP contribution in [0.2, 0.25) is 0 Å². The quantitative estimate of drug-likeness (QED) is 0.0261. The van der Waals surface area contributed by atoms with Gasteiger partial charge < -0.3 is 14.2 Å². The number of esters is 3. The summed E-state index contributed by atoms with van der Waals surface area (Å²) in [5.41, 5.74) is 0. The Morgan fingerprint density at radius 2 is 0.526 bits per heavy atom. The lowest BCUT2D eigenvalue weighted by Gasteiger charge is -2.18. The van der Waals surface area contributed by atoms with Crippen molar-refractivity contribution < 1.29 is 28.6 Å². The molecule has 0 saturated carbocycles. The predicted molar refractivity (Wildman–Crippen MR) is 339 cm³/mol. The van der Waals surface area contributed by atoms with Crippen LogP contribution in [0.15, 0.2) is 97.2 Å². The van der Waals surface area contributed by atoms with Crippen LogP contribution < -0.4 is 0 Å². The van der Waals surface area contributed by atoms with Gasteiger partial charge in [0.05, 0.1) is 0 Å². The van der Waals surface area contributed by atoms with E-state index in [1.165, 1.54) is 167 Å². The molecule has 0 aliphatic rings. The van der Waals surface area contributed by atoms with Crippen molar-refractivity contribution in [2.45, 2.75) is 329 Å². The molecule has 0 aromatic heterocycles. The maximum atomic E-state index is 12.9. The second-order valence-corrected chi connectivity index (χ2v) is 22.0. The van der Waals surface area contributed by atoms with Gasteiger partial charge in [-0.1, -0.05) is 285 Å². The molecule has 78 heavy (non-hydrogen) atoms. The van der Waals surface area contributed by atoms with Crippen molar-refractivity contribution >= 4 is 17.9 Å². The summed E-state index contributed by atoms with van der Waals surface area (Å²) in [7, 11) is 0. The highest BCUT2D eigenvalue weighted by Gasteiger charge is 2.19. The first kappa shape index (κ1) is 74.3. The third kappa shape index (κ3) is 63.2. The van der Waals surface area contributed by atoms with Crippen molar-refractivity contribution in [2.24, 2.45) is 0 Å². The number of unbranched alkanes of at least 4 members (excludes halogenated alkanes) is 33. The van der Waals surface area contributed by atoms with E-state index in [-0.39, 0.29) is 31.1 Å². The summed E-state index contributed by atoms with van der Waals surface area (Å²) in [5.74, 6) is -0.896. The Labute approximate surface area is 483 Å². The molecular weight excluding hydrogens is 961 g/mol. The van der Waals surface area contributed by atoms with Gasteiger partial charge in [-0.25, -0.2) is 0 Å². The van der Waals surface area contributed by atoms with Gasteiger partial charge >= 0.3 is 17.9 Å². The van der Waals surface area contributed by atoms with E-state index in [1.54, 1.807) is 0 Å². The van der Waals surface area contributed by atoms with Crippen molar-refractivity contribution in [3.8, 4) is 0 Å². The molecule has 448 valence electrons. The van der Waals surface area contributed by atoms with Gasteiger partial charge in [-0.3, -0.25) is 14.4 Å². The van der Waals surface area contributed by atoms with Crippen LogP contribution in [-0.2, 0) is 28.6 Å². The zero-order valence-corrected chi connectivity index (χ0v) is 51.4. The highest BCUT2D eigenvalue weighted by Crippen LogP contribution is 2.17. The predicted octanol–water partition coefficient (Wildman–Crippen LogP) is 22.8. The zero-order chi connectivity index (χ0) is 56.4. The summed E-state index contributed by atoms with van der Waals surface area (Å²) < 4.78 is 16.9. The van der Waals surface area contributed by atoms with Gasteiger partial charge in [0.25, 0.3) is 0 Å². The van der Waals surface area contributed by atoms with Gasteiger partial charge in [-0.2, -0.15) is 0 Å². The molecule has 1 atom stereocenters. The molecule has 0 rings (SSSR count). The van der Waals surface area contributed by atoms with Gasteiger partial charge in [-0.15, -0.1) is 0 Å². The van der Waals surface area contributed by atoms with Gasteiger partial charge in [0.2, 0.25) is 0 Å².